The Labute approximate surface area is 136 Å². The van der Waals surface area contributed by atoms with Crippen molar-refractivity contribution in [3.8, 4) is 22.1 Å². The highest BCUT2D eigenvalue weighted by molar-refractivity contribution is 7.12. The van der Waals surface area contributed by atoms with E-state index in [1.54, 1.807) is 0 Å². The largest absolute Gasteiger partial charge is 0.508 e. The van der Waals surface area contributed by atoms with Gasteiger partial charge in [0, 0.05) is 10.9 Å². The molecular weight excluding hydrogens is 347 g/mol. The number of rotatable bonds is 3. The predicted octanol–water partition coefficient (Wildman–Crippen LogP) is 3.42. The van der Waals surface area contributed by atoms with Crippen molar-refractivity contribution in [2.45, 2.75) is 6.18 Å². The van der Waals surface area contributed by atoms with Crippen LogP contribution in [-0.4, -0.2) is 30.9 Å². The first kappa shape index (κ1) is 16.0. The quantitative estimate of drug-likeness (QED) is 0.752. The first-order valence-corrected chi connectivity index (χ1v) is 7.29. The normalized spacial score (nSPS) is 11.6. The Balaban J connectivity index is 2.13. The van der Waals surface area contributed by atoms with Gasteiger partial charge >= 0.3 is 12.1 Å². The number of aromatic hydroxyl groups is 1. The number of nitrogens with zero attached hydrogens (tertiary/aromatic N) is 3. The number of benzene rings is 1. The second-order valence-corrected chi connectivity index (χ2v) is 5.53. The molecule has 2 N–H and O–H groups in total. The molecule has 0 saturated heterocycles. The number of phenolic OH excluding ortho intramolecular Hbond substituents is 1. The number of halogens is 3. The Morgan fingerprint density at radius 2 is 1.88 bits per heavy atom. The average Bonchev–Trinajstić information content (AvgIpc) is 3.14. The Bertz CT molecular complexity index is 900. The molecule has 0 bridgehead atoms. The van der Waals surface area contributed by atoms with Gasteiger partial charge in [-0.2, -0.15) is 18.3 Å². The van der Waals surface area contributed by atoms with Crippen molar-refractivity contribution in [2.24, 2.45) is 0 Å². The highest BCUT2D eigenvalue weighted by Crippen LogP contribution is 2.34. The van der Waals surface area contributed by atoms with E-state index in [2.05, 4.69) is 10.1 Å². The Morgan fingerprint density at radius 1 is 1.21 bits per heavy atom. The third-order valence-electron chi connectivity index (χ3n) is 3.06. The summed E-state index contributed by atoms with van der Waals surface area (Å²) in [6, 6.07) is 6.34. The molecule has 0 aliphatic rings. The fourth-order valence-corrected chi connectivity index (χ4v) is 2.72. The Hall–Kier alpha value is -2.88. The van der Waals surface area contributed by atoms with Crippen LogP contribution in [0.3, 0.4) is 0 Å². The van der Waals surface area contributed by atoms with E-state index in [9.17, 15) is 23.1 Å². The number of aromatic carboxylic acids is 1. The highest BCUT2D eigenvalue weighted by atomic mass is 32.1. The van der Waals surface area contributed by atoms with Crippen LogP contribution in [0.1, 0.15) is 16.2 Å². The Kier molecular flexibility index (Phi) is 3.76. The van der Waals surface area contributed by atoms with E-state index >= 15 is 0 Å². The first-order chi connectivity index (χ1) is 11.3. The second-order valence-electron chi connectivity index (χ2n) is 4.69. The van der Waals surface area contributed by atoms with Crippen LogP contribution in [0.5, 0.6) is 5.75 Å². The van der Waals surface area contributed by atoms with Crippen molar-refractivity contribution in [1.29, 1.82) is 0 Å². The average molecular weight is 355 g/mol. The van der Waals surface area contributed by atoms with Gasteiger partial charge in [0.15, 0.2) is 11.4 Å². The van der Waals surface area contributed by atoms with E-state index in [0.29, 0.717) is 10.2 Å². The zero-order valence-corrected chi connectivity index (χ0v) is 12.5. The van der Waals surface area contributed by atoms with Gasteiger partial charge < -0.3 is 10.2 Å². The summed E-state index contributed by atoms with van der Waals surface area (Å²) in [6.45, 7) is 0. The van der Waals surface area contributed by atoms with Crippen LogP contribution < -0.4 is 0 Å². The summed E-state index contributed by atoms with van der Waals surface area (Å²) in [5.41, 5.74) is -1.04. The molecule has 0 amide bonds. The van der Waals surface area contributed by atoms with Crippen LogP contribution in [0.15, 0.2) is 35.7 Å². The summed E-state index contributed by atoms with van der Waals surface area (Å²) in [5, 5.41) is 22.9. The fourth-order valence-electron chi connectivity index (χ4n) is 1.96. The third kappa shape index (κ3) is 2.95. The van der Waals surface area contributed by atoms with Gasteiger partial charge in [-0.05, 0) is 30.3 Å². The molecule has 2 aromatic heterocycles. The first-order valence-electron chi connectivity index (χ1n) is 6.41. The lowest BCUT2D eigenvalue weighted by Crippen LogP contribution is -2.13. The van der Waals surface area contributed by atoms with Crippen molar-refractivity contribution in [2.75, 3.05) is 0 Å². The van der Waals surface area contributed by atoms with Crippen molar-refractivity contribution < 1.29 is 28.2 Å². The molecule has 124 valence electrons. The zero-order valence-electron chi connectivity index (χ0n) is 11.7. The van der Waals surface area contributed by atoms with E-state index in [0.717, 1.165) is 22.8 Å². The standard InChI is InChI=1S/C14H8F3N3O3S/c15-14(16,17)11-5-9(7-1-3-8(21)4-2-7)19-20(11)13-18-10(6-24-13)12(22)23/h1-6,21H,(H,22,23). The SMILES string of the molecule is O=C(O)c1csc(-n2nc(-c3ccc(O)cc3)cc2C(F)(F)F)n1. The van der Waals surface area contributed by atoms with Gasteiger partial charge in [-0.1, -0.05) is 0 Å². The number of carbonyl (C=O) groups is 1. The van der Waals surface area contributed by atoms with E-state index in [4.69, 9.17) is 5.11 Å². The van der Waals surface area contributed by atoms with Crippen LogP contribution >= 0.6 is 11.3 Å². The molecule has 0 unspecified atom stereocenters. The minimum Gasteiger partial charge on any atom is -0.508 e. The molecule has 6 nitrogen and oxygen atoms in total. The zero-order chi connectivity index (χ0) is 17.5. The smallest absolute Gasteiger partial charge is 0.433 e. The van der Waals surface area contributed by atoms with Crippen LogP contribution in [0.4, 0.5) is 13.2 Å². The van der Waals surface area contributed by atoms with Gasteiger partial charge in [-0.15, -0.1) is 11.3 Å². The monoisotopic (exact) mass is 355 g/mol. The van der Waals surface area contributed by atoms with E-state index < -0.39 is 17.8 Å². The summed E-state index contributed by atoms with van der Waals surface area (Å²) in [5.74, 6) is -1.36. The van der Waals surface area contributed by atoms with Gasteiger partial charge in [-0.25, -0.2) is 14.5 Å². The maximum absolute atomic E-state index is 13.3. The minimum absolute atomic E-state index is 0.0226. The predicted molar refractivity (Wildman–Crippen MR) is 78.3 cm³/mol. The number of phenols is 1. The molecule has 3 rings (SSSR count). The lowest BCUT2D eigenvalue weighted by atomic mass is 10.1. The maximum atomic E-state index is 13.3. The van der Waals surface area contributed by atoms with E-state index in [1.165, 1.54) is 24.3 Å². The molecular formula is C14H8F3N3O3S. The van der Waals surface area contributed by atoms with Crippen LogP contribution in [0.2, 0.25) is 0 Å². The topological polar surface area (TPSA) is 88.2 Å². The molecule has 0 fully saturated rings. The van der Waals surface area contributed by atoms with Crippen LogP contribution in [0.25, 0.3) is 16.4 Å². The van der Waals surface area contributed by atoms with Gasteiger partial charge in [0.05, 0.1) is 5.69 Å². The van der Waals surface area contributed by atoms with Gasteiger partial charge in [0.1, 0.15) is 5.75 Å². The molecule has 1 aromatic carbocycles. The lowest BCUT2D eigenvalue weighted by molar-refractivity contribution is -0.142. The van der Waals surface area contributed by atoms with Gasteiger partial charge in [0.2, 0.25) is 5.13 Å². The molecule has 24 heavy (non-hydrogen) atoms. The summed E-state index contributed by atoms with van der Waals surface area (Å²) in [7, 11) is 0. The third-order valence-corrected chi connectivity index (χ3v) is 3.87. The van der Waals surface area contributed by atoms with Crippen LogP contribution in [0, 0.1) is 0 Å². The second kappa shape index (κ2) is 5.64. The number of thiazole rings is 1. The molecule has 0 atom stereocenters. The summed E-state index contributed by atoms with van der Waals surface area (Å²) < 4.78 is 40.3. The molecule has 0 saturated carbocycles. The molecule has 0 spiro atoms. The fraction of sp³-hybridized carbons (Fsp3) is 0.0714. The van der Waals surface area contributed by atoms with Crippen molar-refractivity contribution in [3.05, 3.63) is 47.1 Å². The number of hydrogen-bond acceptors (Lipinski definition) is 5. The van der Waals surface area contributed by atoms with E-state index in [1.807, 2.05) is 0 Å². The highest BCUT2D eigenvalue weighted by Gasteiger charge is 2.37. The van der Waals surface area contributed by atoms with Gasteiger partial charge in [-0.3, -0.25) is 0 Å². The van der Waals surface area contributed by atoms with E-state index in [-0.39, 0.29) is 22.3 Å². The van der Waals surface area contributed by atoms with Crippen molar-refractivity contribution in [1.82, 2.24) is 14.8 Å². The number of carboxylic acids is 1. The number of carboxylic acid groups (broad SMARTS) is 1. The van der Waals surface area contributed by atoms with Crippen molar-refractivity contribution >= 4 is 17.3 Å². The Morgan fingerprint density at radius 3 is 2.42 bits per heavy atom. The van der Waals surface area contributed by atoms with Gasteiger partial charge in [0.25, 0.3) is 0 Å². The number of hydrogen-bond donors (Lipinski definition) is 2. The lowest BCUT2D eigenvalue weighted by Gasteiger charge is -2.06. The van der Waals surface area contributed by atoms with Crippen LogP contribution in [-0.2, 0) is 6.18 Å². The molecule has 3 aromatic rings. The molecule has 2 heterocycles. The van der Waals surface area contributed by atoms with Crippen molar-refractivity contribution in [3.63, 3.8) is 0 Å². The summed E-state index contributed by atoms with van der Waals surface area (Å²) in [4.78, 5) is 14.5. The summed E-state index contributed by atoms with van der Waals surface area (Å²) in [6.07, 6.45) is -4.70. The minimum atomic E-state index is -4.70. The number of aromatic nitrogens is 3. The molecule has 10 heteroatoms. The summed E-state index contributed by atoms with van der Waals surface area (Å²) >= 11 is 0.741. The molecule has 0 aliphatic carbocycles. The maximum Gasteiger partial charge on any atom is 0.433 e. The molecule has 0 radical (unpaired) electrons. The number of alkyl halides is 3. The molecule has 0 aliphatic heterocycles.